The van der Waals surface area contributed by atoms with Crippen molar-refractivity contribution >= 4 is 0 Å². The summed E-state index contributed by atoms with van der Waals surface area (Å²) in [5.41, 5.74) is 1.38. The summed E-state index contributed by atoms with van der Waals surface area (Å²) in [6.45, 7) is 1.20. The fraction of sp³-hybridized carbons (Fsp3) is 0.400. The van der Waals surface area contributed by atoms with Gasteiger partial charge in [0.25, 0.3) is 0 Å². The van der Waals surface area contributed by atoms with Gasteiger partial charge in [-0.3, -0.25) is 4.98 Å². The normalized spacial score (nSPS) is 29.1. The van der Waals surface area contributed by atoms with E-state index >= 15 is 0 Å². The SMILES string of the molecule is [CH2-][NH+]1CCCC1c1ccncc1. The van der Waals surface area contributed by atoms with Gasteiger partial charge in [-0.25, -0.2) is 0 Å². The molecule has 1 saturated heterocycles. The van der Waals surface area contributed by atoms with E-state index in [0.29, 0.717) is 6.04 Å². The van der Waals surface area contributed by atoms with Gasteiger partial charge < -0.3 is 4.90 Å². The minimum Gasteiger partial charge on any atom is -0.462 e. The summed E-state index contributed by atoms with van der Waals surface area (Å²) in [6.07, 6.45) is 6.29. The molecule has 2 unspecified atom stereocenters. The molecule has 0 saturated carbocycles. The van der Waals surface area contributed by atoms with Crippen LogP contribution >= 0.6 is 0 Å². The molecule has 1 fully saturated rings. The van der Waals surface area contributed by atoms with Crippen molar-refractivity contribution in [1.29, 1.82) is 0 Å². The molecule has 2 atom stereocenters. The molecule has 64 valence electrons. The van der Waals surface area contributed by atoms with Crippen molar-refractivity contribution in [3.8, 4) is 0 Å². The highest BCUT2D eigenvalue weighted by Crippen LogP contribution is 2.17. The predicted octanol–water partition coefficient (Wildman–Crippen LogP) is 0.593. The van der Waals surface area contributed by atoms with Crippen molar-refractivity contribution in [3.63, 3.8) is 0 Å². The minimum atomic E-state index is 0.605. The van der Waals surface area contributed by atoms with Crippen LogP contribution < -0.4 is 4.90 Å². The lowest BCUT2D eigenvalue weighted by Gasteiger charge is -2.22. The minimum absolute atomic E-state index is 0.605. The molecule has 0 spiro atoms. The Kier molecular flexibility index (Phi) is 2.09. The largest absolute Gasteiger partial charge is 0.462 e. The van der Waals surface area contributed by atoms with Gasteiger partial charge in [-0.1, -0.05) is 0 Å². The quantitative estimate of drug-likeness (QED) is 0.598. The van der Waals surface area contributed by atoms with E-state index in [2.05, 4.69) is 24.2 Å². The van der Waals surface area contributed by atoms with Gasteiger partial charge in [0.2, 0.25) is 0 Å². The van der Waals surface area contributed by atoms with E-state index in [4.69, 9.17) is 0 Å². The van der Waals surface area contributed by atoms with Crippen molar-refractivity contribution in [1.82, 2.24) is 4.98 Å². The van der Waals surface area contributed by atoms with E-state index < -0.39 is 0 Å². The lowest BCUT2D eigenvalue weighted by Crippen LogP contribution is -3.04. The lowest BCUT2D eigenvalue weighted by atomic mass is 10.1. The molecule has 0 bridgehead atoms. The molecule has 0 aromatic carbocycles. The zero-order valence-electron chi connectivity index (χ0n) is 7.16. The molecular formula is C10H14N2. The van der Waals surface area contributed by atoms with Gasteiger partial charge in [0.1, 0.15) is 0 Å². The van der Waals surface area contributed by atoms with Crippen LogP contribution in [0.4, 0.5) is 0 Å². The third kappa shape index (κ3) is 1.34. The second-order valence-corrected chi connectivity index (χ2v) is 3.38. The van der Waals surface area contributed by atoms with Crippen molar-refractivity contribution in [2.24, 2.45) is 0 Å². The van der Waals surface area contributed by atoms with Crippen LogP contribution in [0.5, 0.6) is 0 Å². The fourth-order valence-corrected chi connectivity index (χ4v) is 1.91. The summed E-state index contributed by atoms with van der Waals surface area (Å²) in [4.78, 5) is 5.40. The van der Waals surface area contributed by atoms with Gasteiger partial charge in [0.15, 0.2) is 0 Å². The molecule has 1 N–H and O–H groups in total. The van der Waals surface area contributed by atoms with Crippen LogP contribution in [0, 0.1) is 7.05 Å². The summed E-state index contributed by atoms with van der Waals surface area (Å²) >= 11 is 0. The molecule has 1 aliphatic rings. The Morgan fingerprint density at radius 1 is 1.42 bits per heavy atom. The van der Waals surface area contributed by atoms with Crippen LogP contribution in [0.2, 0.25) is 0 Å². The highest BCUT2D eigenvalue weighted by Gasteiger charge is 2.22. The second kappa shape index (κ2) is 3.23. The molecule has 2 rings (SSSR count). The zero-order chi connectivity index (χ0) is 8.39. The maximum absolute atomic E-state index is 4.09. The van der Waals surface area contributed by atoms with Gasteiger partial charge >= 0.3 is 0 Å². The average Bonchev–Trinajstić information content (AvgIpc) is 2.53. The Morgan fingerprint density at radius 2 is 2.17 bits per heavy atom. The number of likely N-dealkylation sites (tertiary alicyclic amines) is 1. The topological polar surface area (TPSA) is 17.3 Å². The second-order valence-electron chi connectivity index (χ2n) is 3.38. The monoisotopic (exact) mass is 162 g/mol. The molecular weight excluding hydrogens is 148 g/mol. The van der Waals surface area contributed by atoms with Crippen LogP contribution in [-0.2, 0) is 0 Å². The maximum Gasteiger partial charge on any atom is 0.0894 e. The highest BCUT2D eigenvalue weighted by atomic mass is 15.1. The third-order valence-electron chi connectivity index (χ3n) is 2.59. The molecule has 2 nitrogen and oxygen atoms in total. The van der Waals surface area contributed by atoms with E-state index in [1.54, 1.807) is 0 Å². The molecule has 0 aliphatic carbocycles. The van der Waals surface area contributed by atoms with Crippen molar-refractivity contribution in [2.45, 2.75) is 18.9 Å². The van der Waals surface area contributed by atoms with Crippen LogP contribution in [0.25, 0.3) is 0 Å². The average molecular weight is 162 g/mol. The smallest absolute Gasteiger partial charge is 0.0894 e. The summed E-state index contributed by atoms with van der Waals surface area (Å²) in [5, 5.41) is 0. The van der Waals surface area contributed by atoms with Gasteiger partial charge in [0.05, 0.1) is 12.6 Å². The third-order valence-corrected chi connectivity index (χ3v) is 2.59. The number of quaternary nitrogens is 1. The predicted molar refractivity (Wildman–Crippen MR) is 47.4 cm³/mol. The van der Waals surface area contributed by atoms with E-state index in [0.717, 1.165) is 0 Å². The van der Waals surface area contributed by atoms with Crippen LogP contribution in [0.3, 0.4) is 0 Å². The van der Waals surface area contributed by atoms with Gasteiger partial charge in [-0.05, 0) is 12.1 Å². The Labute approximate surface area is 73.2 Å². The van der Waals surface area contributed by atoms with E-state index in [1.165, 1.54) is 29.8 Å². The Balaban J connectivity index is 2.19. The molecule has 1 aliphatic heterocycles. The molecule has 0 radical (unpaired) electrons. The van der Waals surface area contributed by atoms with Crippen molar-refractivity contribution < 1.29 is 4.90 Å². The van der Waals surface area contributed by atoms with Crippen LogP contribution in [0.15, 0.2) is 24.5 Å². The molecule has 2 heterocycles. The van der Waals surface area contributed by atoms with Crippen molar-refractivity contribution in [2.75, 3.05) is 6.54 Å². The first-order valence-electron chi connectivity index (χ1n) is 4.45. The Hall–Kier alpha value is -0.890. The first kappa shape index (κ1) is 7.74. The number of hydrogen-bond acceptors (Lipinski definition) is 1. The Morgan fingerprint density at radius 3 is 2.75 bits per heavy atom. The molecule has 12 heavy (non-hydrogen) atoms. The zero-order valence-corrected chi connectivity index (χ0v) is 7.16. The van der Waals surface area contributed by atoms with E-state index in [-0.39, 0.29) is 0 Å². The van der Waals surface area contributed by atoms with Gasteiger partial charge in [-0.2, -0.15) is 7.05 Å². The number of hydrogen-bond donors (Lipinski definition) is 1. The highest BCUT2D eigenvalue weighted by molar-refractivity contribution is 5.13. The molecule has 0 amide bonds. The van der Waals surface area contributed by atoms with Crippen LogP contribution in [0.1, 0.15) is 24.4 Å². The molecule has 2 heteroatoms. The van der Waals surface area contributed by atoms with Crippen LogP contribution in [-0.4, -0.2) is 11.5 Å². The standard InChI is InChI=1S/C10H14N2/c1-12-8-2-3-10(12)9-4-6-11-7-5-9/h4-7,10,12H,1-3,8H2. The molecule has 1 aromatic rings. The first-order valence-corrected chi connectivity index (χ1v) is 4.45. The lowest BCUT2D eigenvalue weighted by molar-refractivity contribution is -0.872. The van der Waals surface area contributed by atoms with E-state index in [9.17, 15) is 0 Å². The maximum atomic E-state index is 4.09. The molecule has 1 aromatic heterocycles. The number of nitrogens with one attached hydrogen (secondary N) is 1. The van der Waals surface area contributed by atoms with Crippen molar-refractivity contribution in [3.05, 3.63) is 37.1 Å². The van der Waals surface area contributed by atoms with Gasteiger partial charge in [0, 0.05) is 30.8 Å². The first-order chi connectivity index (χ1) is 5.88. The number of rotatable bonds is 1. The Bertz CT molecular complexity index is 245. The fourth-order valence-electron chi connectivity index (χ4n) is 1.91. The number of pyridine rings is 1. The summed E-state index contributed by atoms with van der Waals surface area (Å²) in [6, 6.07) is 4.80. The summed E-state index contributed by atoms with van der Waals surface area (Å²) < 4.78 is 0. The number of aromatic nitrogens is 1. The summed E-state index contributed by atoms with van der Waals surface area (Å²) in [7, 11) is 4.09. The number of nitrogens with zero attached hydrogens (tertiary/aromatic N) is 1. The summed E-state index contributed by atoms with van der Waals surface area (Å²) in [5.74, 6) is 0. The van der Waals surface area contributed by atoms with Gasteiger partial charge in [-0.15, -0.1) is 0 Å². The van der Waals surface area contributed by atoms with E-state index in [1.807, 2.05) is 12.4 Å².